The zero-order valence-corrected chi connectivity index (χ0v) is 9.23. The molecule has 0 amide bonds. The number of ether oxygens (including phenoxy) is 1. The second-order valence-corrected chi connectivity index (χ2v) is 5.12. The van der Waals surface area contributed by atoms with Gasteiger partial charge in [0.25, 0.3) is 0 Å². The number of benzene rings is 1. The van der Waals surface area contributed by atoms with Crippen LogP contribution in [0.5, 0.6) is 0 Å². The molecule has 3 aliphatic rings. The van der Waals surface area contributed by atoms with Gasteiger partial charge in [0.2, 0.25) is 0 Å². The maximum atomic E-state index is 8.96. The number of hydrogen-bond acceptors (Lipinski definition) is 2. The zero-order chi connectivity index (χ0) is 11.0. The standard InChI is InChI=1S/C14H15NO/c15-8-13-12-6-14(13,7-12)10-16-9-11-4-2-1-3-5-11/h1-5,12-13H,6-7,9-10H2. The molecule has 2 heteroatoms. The third kappa shape index (κ3) is 1.36. The minimum absolute atomic E-state index is 0.230. The maximum absolute atomic E-state index is 8.96. The molecule has 3 aliphatic carbocycles. The fourth-order valence-corrected chi connectivity index (χ4v) is 3.05. The first-order valence-corrected chi connectivity index (χ1v) is 5.85. The molecule has 0 N–H and O–H groups in total. The summed E-state index contributed by atoms with van der Waals surface area (Å²) in [7, 11) is 0. The third-order valence-electron chi connectivity index (χ3n) is 4.11. The largest absolute Gasteiger partial charge is 0.376 e. The highest BCUT2D eigenvalue weighted by atomic mass is 16.5. The Bertz CT molecular complexity index is 414. The van der Waals surface area contributed by atoms with Crippen molar-refractivity contribution in [2.75, 3.05) is 6.61 Å². The van der Waals surface area contributed by atoms with Crippen LogP contribution in [0.15, 0.2) is 30.3 Å². The smallest absolute Gasteiger partial charge is 0.0717 e. The zero-order valence-electron chi connectivity index (χ0n) is 9.23. The molecular weight excluding hydrogens is 198 g/mol. The summed E-state index contributed by atoms with van der Waals surface area (Å²) in [6.07, 6.45) is 2.42. The number of hydrogen-bond donors (Lipinski definition) is 0. The molecule has 0 aromatic heterocycles. The normalized spacial score (nSPS) is 34.7. The van der Waals surface area contributed by atoms with Crippen molar-refractivity contribution in [3.63, 3.8) is 0 Å². The average molecular weight is 213 g/mol. The number of nitriles is 1. The summed E-state index contributed by atoms with van der Waals surface area (Å²) in [4.78, 5) is 0. The summed E-state index contributed by atoms with van der Waals surface area (Å²) in [6.45, 7) is 1.43. The van der Waals surface area contributed by atoms with Gasteiger partial charge in [-0.05, 0) is 24.3 Å². The van der Waals surface area contributed by atoms with Crippen molar-refractivity contribution < 1.29 is 4.74 Å². The van der Waals surface area contributed by atoms with Gasteiger partial charge in [0.1, 0.15) is 0 Å². The SMILES string of the molecule is N#CC1C2CC1(COCc1ccccc1)C2. The van der Waals surface area contributed by atoms with E-state index in [9.17, 15) is 0 Å². The second kappa shape index (κ2) is 3.61. The molecule has 0 saturated heterocycles. The van der Waals surface area contributed by atoms with E-state index in [0.717, 1.165) is 6.61 Å². The van der Waals surface area contributed by atoms with E-state index in [4.69, 9.17) is 10.00 Å². The predicted molar refractivity (Wildman–Crippen MR) is 60.4 cm³/mol. The lowest BCUT2D eigenvalue weighted by molar-refractivity contribution is -0.198. The van der Waals surface area contributed by atoms with Gasteiger partial charge >= 0.3 is 0 Å². The highest BCUT2D eigenvalue weighted by molar-refractivity contribution is 5.21. The fraction of sp³-hybridized carbons (Fsp3) is 0.500. The Kier molecular flexibility index (Phi) is 2.22. The summed E-state index contributed by atoms with van der Waals surface area (Å²) < 4.78 is 5.75. The van der Waals surface area contributed by atoms with Gasteiger partial charge in [-0.25, -0.2) is 0 Å². The molecule has 1 unspecified atom stereocenters. The minimum atomic E-state index is 0.230. The first-order chi connectivity index (χ1) is 7.84. The van der Waals surface area contributed by atoms with Crippen molar-refractivity contribution in [3.05, 3.63) is 35.9 Å². The summed E-state index contributed by atoms with van der Waals surface area (Å²) in [5.41, 5.74) is 1.44. The van der Waals surface area contributed by atoms with Gasteiger partial charge in [-0.15, -0.1) is 0 Å². The highest BCUT2D eigenvalue weighted by Crippen LogP contribution is 2.68. The van der Waals surface area contributed by atoms with Crippen LogP contribution in [0.4, 0.5) is 0 Å². The van der Waals surface area contributed by atoms with Crippen LogP contribution in [-0.2, 0) is 11.3 Å². The van der Waals surface area contributed by atoms with Crippen LogP contribution in [0.25, 0.3) is 0 Å². The van der Waals surface area contributed by atoms with E-state index >= 15 is 0 Å². The van der Waals surface area contributed by atoms with Crippen LogP contribution < -0.4 is 0 Å². The van der Waals surface area contributed by atoms with Gasteiger partial charge in [0, 0.05) is 5.41 Å². The van der Waals surface area contributed by atoms with Crippen LogP contribution in [0.3, 0.4) is 0 Å². The van der Waals surface area contributed by atoms with Crippen molar-refractivity contribution >= 4 is 0 Å². The Hall–Kier alpha value is -1.33. The lowest BCUT2D eigenvalue weighted by atomic mass is 9.38. The van der Waals surface area contributed by atoms with E-state index in [1.165, 1.54) is 18.4 Å². The lowest BCUT2D eigenvalue weighted by Gasteiger charge is -2.65. The molecule has 1 aromatic rings. The maximum Gasteiger partial charge on any atom is 0.0717 e. The van der Waals surface area contributed by atoms with Gasteiger partial charge in [-0.3, -0.25) is 0 Å². The summed E-state index contributed by atoms with van der Waals surface area (Å²) in [5, 5.41) is 8.96. The first-order valence-electron chi connectivity index (χ1n) is 5.85. The van der Waals surface area contributed by atoms with Gasteiger partial charge in [-0.2, -0.15) is 5.26 Å². The Balaban J connectivity index is 1.50. The van der Waals surface area contributed by atoms with Gasteiger partial charge in [-0.1, -0.05) is 30.3 Å². The number of nitrogens with zero attached hydrogens (tertiary/aromatic N) is 1. The topological polar surface area (TPSA) is 33.0 Å². The van der Waals surface area contributed by atoms with Crippen molar-refractivity contribution in [1.82, 2.24) is 0 Å². The molecule has 2 nitrogen and oxygen atoms in total. The lowest BCUT2D eigenvalue weighted by Crippen LogP contribution is -2.63. The summed E-state index contributed by atoms with van der Waals surface area (Å²) in [6, 6.07) is 12.6. The Labute approximate surface area is 95.8 Å². The van der Waals surface area contributed by atoms with E-state index in [1.807, 2.05) is 18.2 Å². The molecule has 2 bridgehead atoms. The average Bonchev–Trinajstić information content (AvgIpc) is 2.23. The van der Waals surface area contributed by atoms with Crippen LogP contribution in [0.2, 0.25) is 0 Å². The molecule has 82 valence electrons. The fourth-order valence-electron chi connectivity index (χ4n) is 3.05. The molecule has 16 heavy (non-hydrogen) atoms. The van der Waals surface area contributed by atoms with Crippen LogP contribution in [0.1, 0.15) is 18.4 Å². The van der Waals surface area contributed by atoms with Crippen molar-refractivity contribution in [3.8, 4) is 6.07 Å². The monoisotopic (exact) mass is 213 g/mol. The number of rotatable bonds is 4. The Morgan fingerprint density at radius 1 is 1.31 bits per heavy atom. The molecular formula is C14H15NO. The van der Waals surface area contributed by atoms with Crippen molar-refractivity contribution in [2.45, 2.75) is 19.4 Å². The molecule has 3 fully saturated rings. The predicted octanol–water partition coefficient (Wildman–Crippen LogP) is 2.75. The van der Waals surface area contributed by atoms with Crippen LogP contribution in [-0.4, -0.2) is 6.61 Å². The van der Waals surface area contributed by atoms with E-state index in [1.54, 1.807) is 0 Å². The summed E-state index contributed by atoms with van der Waals surface area (Å²) >= 11 is 0. The summed E-state index contributed by atoms with van der Waals surface area (Å²) in [5.74, 6) is 0.966. The molecule has 0 radical (unpaired) electrons. The van der Waals surface area contributed by atoms with E-state index in [2.05, 4.69) is 18.2 Å². The van der Waals surface area contributed by atoms with E-state index < -0.39 is 0 Å². The molecule has 4 rings (SSSR count). The highest BCUT2D eigenvalue weighted by Gasteiger charge is 2.65. The third-order valence-corrected chi connectivity index (χ3v) is 4.11. The quantitative estimate of drug-likeness (QED) is 0.770. The van der Waals surface area contributed by atoms with Crippen molar-refractivity contribution in [2.24, 2.45) is 17.3 Å². The Morgan fingerprint density at radius 2 is 2.06 bits per heavy atom. The molecule has 0 aliphatic heterocycles. The van der Waals surface area contributed by atoms with Crippen molar-refractivity contribution in [1.29, 1.82) is 5.26 Å². The molecule has 1 aromatic carbocycles. The van der Waals surface area contributed by atoms with Crippen LogP contribution in [0, 0.1) is 28.6 Å². The molecule has 3 saturated carbocycles. The van der Waals surface area contributed by atoms with Gasteiger partial charge in [0.05, 0.1) is 25.2 Å². The van der Waals surface area contributed by atoms with Crippen LogP contribution >= 0.6 is 0 Å². The molecule has 0 heterocycles. The Morgan fingerprint density at radius 3 is 2.62 bits per heavy atom. The van der Waals surface area contributed by atoms with E-state index in [0.29, 0.717) is 12.5 Å². The second-order valence-electron chi connectivity index (χ2n) is 5.12. The molecule has 0 spiro atoms. The first kappa shape index (κ1) is 9.86. The minimum Gasteiger partial charge on any atom is -0.376 e. The van der Waals surface area contributed by atoms with E-state index in [-0.39, 0.29) is 11.3 Å². The van der Waals surface area contributed by atoms with Gasteiger partial charge in [0.15, 0.2) is 0 Å². The van der Waals surface area contributed by atoms with Gasteiger partial charge < -0.3 is 4.74 Å². The molecule has 1 atom stereocenters.